The summed E-state index contributed by atoms with van der Waals surface area (Å²) in [6.07, 6.45) is 3.66. The molecule has 1 heterocycles. The molecule has 0 saturated carbocycles. The van der Waals surface area contributed by atoms with E-state index in [0.717, 1.165) is 48.2 Å². The van der Waals surface area contributed by atoms with E-state index in [1.54, 1.807) is 0 Å². The number of nitrogens with zero attached hydrogens (tertiary/aromatic N) is 1. The second-order valence-corrected chi connectivity index (χ2v) is 5.99. The molecular weight excluding hydrogens is 279 g/mol. The number of hydrogen-bond acceptors (Lipinski definition) is 2. The van der Waals surface area contributed by atoms with E-state index in [0.29, 0.717) is 6.04 Å². The van der Waals surface area contributed by atoms with Gasteiger partial charge >= 0.3 is 0 Å². The van der Waals surface area contributed by atoms with Gasteiger partial charge in [-0.1, -0.05) is 36.2 Å². The van der Waals surface area contributed by atoms with Crippen LogP contribution in [0.1, 0.15) is 31.7 Å². The largest absolute Gasteiger partial charge is 0.315 e. The standard InChI is InChI=1S/C15H22Cl2N2/c1-2-9-19(12-5-4-8-18-10-12)11-13-14(16)6-3-7-15(13)17/h3,6-7,12,18H,2,4-5,8-11H2,1H3. The van der Waals surface area contributed by atoms with E-state index in [2.05, 4.69) is 17.1 Å². The number of piperidine rings is 1. The van der Waals surface area contributed by atoms with Crippen molar-refractivity contribution in [2.45, 2.75) is 38.8 Å². The molecule has 1 fully saturated rings. The number of hydrogen-bond donors (Lipinski definition) is 1. The van der Waals surface area contributed by atoms with Gasteiger partial charge < -0.3 is 5.32 Å². The molecule has 4 heteroatoms. The van der Waals surface area contributed by atoms with Crippen LogP contribution in [0.15, 0.2) is 18.2 Å². The number of benzene rings is 1. The lowest BCUT2D eigenvalue weighted by atomic mass is 10.0. The Morgan fingerprint density at radius 2 is 2.05 bits per heavy atom. The topological polar surface area (TPSA) is 15.3 Å². The highest BCUT2D eigenvalue weighted by Crippen LogP contribution is 2.27. The smallest absolute Gasteiger partial charge is 0.0465 e. The summed E-state index contributed by atoms with van der Waals surface area (Å²) in [6.45, 7) is 6.37. The van der Waals surface area contributed by atoms with Crippen LogP contribution in [0.2, 0.25) is 10.0 Å². The fraction of sp³-hybridized carbons (Fsp3) is 0.600. The molecule has 1 aliphatic heterocycles. The lowest BCUT2D eigenvalue weighted by molar-refractivity contribution is 0.158. The third-order valence-corrected chi connectivity index (χ3v) is 4.43. The maximum absolute atomic E-state index is 6.29. The molecule has 1 N–H and O–H groups in total. The quantitative estimate of drug-likeness (QED) is 0.885. The van der Waals surface area contributed by atoms with Gasteiger partial charge in [-0.15, -0.1) is 0 Å². The van der Waals surface area contributed by atoms with Crippen molar-refractivity contribution in [3.63, 3.8) is 0 Å². The molecule has 1 unspecified atom stereocenters. The van der Waals surface area contributed by atoms with Gasteiger partial charge in [0.25, 0.3) is 0 Å². The third-order valence-electron chi connectivity index (χ3n) is 3.72. The Morgan fingerprint density at radius 3 is 2.63 bits per heavy atom. The van der Waals surface area contributed by atoms with Crippen LogP contribution >= 0.6 is 23.2 Å². The second kappa shape index (κ2) is 7.49. The van der Waals surface area contributed by atoms with Crippen LogP contribution < -0.4 is 5.32 Å². The van der Waals surface area contributed by atoms with E-state index in [1.165, 1.54) is 12.8 Å². The highest BCUT2D eigenvalue weighted by Gasteiger charge is 2.21. The minimum Gasteiger partial charge on any atom is -0.315 e. The van der Waals surface area contributed by atoms with Crippen LogP contribution in [-0.2, 0) is 6.54 Å². The first-order valence-electron chi connectivity index (χ1n) is 7.10. The van der Waals surface area contributed by atoms with Crippen molar-refractivity contribution in [2.75, 3.05) is 19.6 Å². The SMILES string of the molecule is CCCN(Cc1c(Cl)cccc1Cl)C1CCCNC1. The highest BCUT2D eigenvalue weighted by molar-refractivity contribution is 6.35. The summed E-state index contributed by atoms with van der Waals surface area (Å²) in [5, 5.41) is 5.03. The van der Waals surface area contributed by atoms with Crippen LogP contribution in [0, 0.1) is 0 Å². The summed E-state index contributed by atoms with van der Waals surface area (Å²) in [7, 11) is 0. The first kappa shape index (κ1) is 15.1. The fourth-order valence-corrected chi connectivity index (χ4v) is 3.23. The lowest BCUT2D eigenvalue weighted by Gasteiger charge is -2.35. The molecular formula is C15H22Cl2N2. The van der Waals surface area contributed by atoms with Gasteiger partial charge in [-0.2, -0.15) is 0 Å². The van der Waals surface area contributed by atoms with Crippen LogP contribution in [0.5, 0.6) is 0 Å². The molecule has 0 bridgehead atoms. The van der Waals surface area contributed by atoms with Gasteiger partial charge in [-0.25, -0.2) is 0 Å². The molecule has 0 radical (unpaired) electrons. The van der Waals surface area contributed by atoms with E-state index in [-0.39, 0.29) is 0 Å². The van der Waals surface area contributed by atoms with E-state index in [1.807, 2.05) is 18.2 Å². The molecule has 0 spiro atoms. The predicted molar refractivity (Wildman–Crippen MR) is 83.1 cm³/mol. The molecule has 2 nitrogen and oxygen atoms in total. The van der Waals surface area contributed by atoms with Crippen LogP contribution in [0.3, 0.4) is 0 Å². The zero-order valence-electron chi connectivity index (χ0n) is 11.5. The Hall–Kier alpha value is -0.280. The van der Waals surface area contributed by atoms with E-state index in [9.17, 15) is 0 Å². The van der Waals surface area contributed by atoms with Crippen molar-refractivity contribution in [3.05, 3.63) is 33.8 Å². The third kappa shape index (κ3) is 4.09. The number of rotatable bonds is 5. The van der Waals surface area contributed by atoms with Gasteiger partial charge in [0.05, 0.1) is 0 Å². The molecule has 19 heavy (non-hydrogen) atoms. The molecule has 106 valence electrons. The summed E-state index contributed by atoms with van der Waals surface area (Å²) in [5.74, 6) is 0. The summed E-state index contributed by atoms with van der Waals surface area (Å²) in [6, 6.07) is 6.35. The summed E-state index contributed by atoms with van der Waals surface area (Å²) >= 11 is 12.6. The van der Waals surface area contributed by atoms with Crippen LogP contribution in [0.25, 0.3) is 0 Å². The van der Waals surface area contributed by atoms with Gasteiger partial charge in [0, 0.05) is 34.7 Å². The molecule has 1 saturated heterocycles. The minimum absolute atomic E-state index is 0.598. The number of halogens is 2. The van der Waals surface area contributed by atoms with Gasteiger partial charge in [0.15, 0.2) is 0 Å². The minimum atomic E-state index is 0.598. The van der Waals surface area contributed by atoms with Gasteiger partial charge in [0.2, 0.25) is 0 Å². The van der Waals surface area contributed by atoms with Crippen LogP contribution in [-0.4, -0.2) is 30.6 Å². The van der Waals surface area contributed by atoms with Crippen molar-refractivity contribution in [1.29, 1.82) is 0 Å². The molecule has 0 aromatic heterocycles. The Bertz CT molecular complexity index is 383. The normalized spacial score (nSPS) is 19.9. The zero-order valence-corrected chi connectivity index (χ0v) is 13.0. The average Bonchev–Trinajstić information content (AvgIpc) is 2.43. The molecule has 0 aliphatic carbocycles. The second-order valence-electron chi connectivity index (χ2n) is 5.17. The van der Waals surface area contributed by atoms with Crippen molar-refractivity contribution in [2.24, 2.45) is 0 Å². The van der Waals surface area contributed by atoms with Gasteiger partial charge in [-0.05, 0) is 44.5 Å². The molecule has 1 aromatic carbocycles. The summed E-state index contributed by atoms with van der Waals surface area (Å²) in [5.41, 5.74) is 1.06. The lowest BCUT2D eigenvalue weighted by Crippen LogP contribution is -2.46. The van der Waals surface area contributed by atoms with Gasteiger partial charge in [0.1, 0.15) is 0 Å². The Balaban J connectivity index is 2.11. The van der Waals surface area contributed by atoms with Crippen LogP contribution in [0.4, 0.5) is 0 Å². The van der Waals surface area contributed by atoms with Crippen molar-refractivity contribution in [3.8, 4) is 0 Å². The van der Waals surface area contributed by atoms with E-state index >= 15 is 0 Å². The van der Waals surface area contributed by atoms with Crippen molar-refractivity contribution in [1.82, 2.24) is 10.2 Å². The summed E-state index contributed by atoms with van der Waals surface area (Å²) < 4.78 is 0. The maximum Gasteiger partial charge on any atom is 0.0465 e. The Labute approximate surface area is 126 Å². The number of nitrogens with one attached hydrogen (secondary N) is 1. The molecule has 1 atom stereocenters. The first-order chi connectivity index (χ1) is 9.22. The Morgan fingerprint density at radius 1 is 1.32 bits per heavy atom. The Kier molecular flexibility index (Phi) is 5.96. The fourth-order valence-electron chi connectivity index (χ4n) is 2.71. The maximum atomic E-state index is 6.29. The zero-order chi connectivity index (χ0) is 13.7. The average molecular weight is 301 g/mol. The summed E-state index contributed by atoms with van der Waals surface area (Å²) in [4.78, 5) is 2.51. The van der Waals surface area contributed by atoms with E-state index < -0.39 is 0 Å². The molecule has 2 rings (SSSR count). The van der Waals surface area contributed by atoms with Crippen molar-refractivity contribution < 1.29 is 0 Å². The van der Waals surface area contributed by atoms with E-state index in [4.69, 9.17) is 23.2 Å². The first-order valence-corrected chi connectivity index (χ1v) is 7.85. The monoisotopic (exact) mass is 300 g/mol. The molecule has 1 aliphatic rings. The van der Waals surface area contributed by atoms with Gasteiger partial charge in [-0.3, -0.25) is 4.90 Å². The molecule has 1 aromatic rings. The predicted octanol–water partition coefficient (Wildman–Crippen LogP) is 3.96. The van der Waals surface area contributed by atoms with Crippen molar-refractivity contribution >= 4 is 23.2 Å². The molecule has 0 amide bonds. The highest BCUT2D eigenvalue weighted by atomic mass is 35.5.